The van der Waals surface area contributed by atoms with E-state index >= 15 is 0 Å². The highest BCUT2D eigenvalue weighted by Gasteiger charge is 2.34. The van der Waals surface area contributed by atoms with Crippen LogP contribution in [-0.2, 0) is 23.9 Å². The minimum atomic E-state index is -1.23. The van der Waals surface area contributed by atoms with Crippen molar-refractivity contribution in [2.24, 2.45) is 23.7 Å². The zero-order chi connectivity index (χ0) is 33.7. The second-order valence-corrected chi connectivity index (χ2v) is 13.9. The Hall–Kier alpha value is -2.89. The van der Waals surface area contributed by atoms with E-state index in [9.17, 15) is 29.1 Å². The van der Waals surface area contributed by atoms with Gasteiger partial charge in [-0.25, -0.2) is 4.79 Å². The lowest BCUT2D eigenvalue weighted by atomic mass is 9.95. The van der Waals surface area contributed by atoms with Gasteiger partial charge < -0.3 is 36.4 Å². The predicted molar refractivity (Wildman–Crippen MR) is 167 cm³/mol. The molecular weight excluding hydrogens is 554 g/mol. The van der Waals surface area contributed by atoms with Crippen LogP contribution in [0.4, 0.5) is 4.79 Å². The van der Waals surface area contributed by atoms with Crippen LogP contribution >= 0.6 is 0 Å². The molecule has 0 aliphatic carbocycles. The number of aliphatic hydroxyl groups excluding tert-OH is 1. The Morgan fingerprint density at radius 2 is 1.21 bits per heavy atom. The maximum atomic E-state index is 13.4. The quantitative estimate of drug-likeness (QED) is 0.146. The zero-order valence-electron chi connectivity index (χ0n) is 28.4. The lowest BCUT2D eigenvalue weighted by Gasteiger charge is -2.31. The van der Waals surface area contributed by atoms with Gasteiger partial charge in [-0.05, 0) is 64.2 Å². The van der Waals surface area contributed by atoms with E-state index in [0.717, 1.165) is 6.42 Å². The molecule has 5 atom stereocenters. The molecule has 12 heteroatoms. The van der Waals surface area contributed by atoms with Gasteiger partial charge in [-0.3, -0.25) is 19.2 Å². The molecule has 0 heterocycles. The molecule has 0 fully saturated rings. The van der Waals surface area contributed by atoms with Gasteiger partial charge in [0.1, 0.15) is 23.7 Å². The Morgan fingerprint density at radius 1 is 0.698 bits per heavy atom. The van der Waals surface area contributed by atoms with Gasteiger partial charge >= 0.3 is 6.09 Å². The molecule has 0 rings (SSSR count). The van der Waals surface area contributed by atoms with E-state index in [1.807, 2.05) is 13.8 Å². The highest BCUT2D eigenvalue weighted by Crippen LogP contribution is 2.14. The number of hydrogen-bond acceptors (Lipinski definition) is 7. The fraction of sp³-hybridized carbons (Fsp3) is 0.839. The fourth-order valence-electron chi connectivity index (χ4n) is 4.18. The molecule has 0 aromatic rings. The average Bonchev–Trinajstić information content (AvgIpc) is 2.82. The summed E-state index contributed by atoms with van der Waals surface area (Å²) in [4.78, 5) is 63.9. The molecule has 0 aromatic carbocycles. The monoisotopic (exact) mass is 613 g/mol. The summed E-state index contributed by atoms with van der Waals surface area (Å²) in [7, 11) is 0. The van der Waals surface area contributed by atoms with E-state index in [1.54, 1.807) is 55.4 Å². The van der Waals surface area contributed by atoms with Crippen molar-refractivity contribution in [2.75, 3.05) is 6.54 Å². The Kier molecular flexibility index (Phi) is 17.4. The van der Waals surface area contributed by atoms with Gasteiger partial charge in [0.2, 0.25) is 23.6 Å². The van der Waals surface area contributed by atoms with E-state index in [0.29, 0.717) is 18.9 Å². The maximum absolute atomic E-state index is 13.4. The normalized spacial score (nSPS) is 15.4. The van der Waals surface area contributed by atoms with E-state index in [2.05, 4.69) is 40.4 Å². The van der Waals surface area contributed by atoms with Gasteiger partial charge in [-0.15, -0.1) is 0 Å². The molecular formula is C31H59N5O7. The van der Waals surface area contributed by atoms with Gasteiger partial charge in [0.25, 0.3) is 0 Å². The SMILES string of the molecule is CC(C)CCNC(=O)[C@H](C)NC(=O)C[C@@H](O)[C@@H](CC(C)C)NC(=O)[C@@H](NC(=O)[C@@H](NC(=O)OC(C)(C)C)C(C)C)C(C)C. The summed E-state index contributed by atoms with van der Waals surface area (Å²) < 4.78 is 5.29. The summed E-state index contributed by atoms with van der Waals surface area (Å²) in [6.07, 6.45) is -1.11. The largest absolute Gasteiger partial charge is 0.444 e. The smallest absolute Gasteiger partial charge is 0.408 e. The van der Waals surface area contributed by atoms with Crippen LogP contribution in [0.15, 0.2) is 0 Å². The first-order valence-electron chi connectivity index (χ1n) is 15.5. The van der Waals surface area contributed by atoms with Crippen molar-refractivity contribution in [1.82, 2.24) is 26.6 Å². The molecule has 0 saturated heterocycles. The molecule has 0 spiro atoms. The number of alkyl carbamates (subject to hydrolysis) is 1. The first kappa shape index (κ1) is 40.1. The second kappa shape index (κ2) is 18.7. The highest BCUT2D eigenvalue weighted by molar-refractivity contribution is 5.92. The lowest BCUT2D eigenvalue weighted by molar-refractivity contribution is -0.133. The Labute approximate surface area is 258 Å². The molecule has 0 aliphatic heterocycles. The second-order valence-electron chi connectivity index (χ2n) is 13.9. The standard InChI is InChI=1S/C31H59N5O7/c1-17(2)13-14-32-27(39)21(9)33-24(38)16-23(37)22(15-18(3)4)34-28(40)25(19(5)6)35-29(41)26(20(7)8)36-30(42)43-31(10,11)12/h17-23,25-26,37H,13-16H2,1-12H3,(H,32,39)(H,33,38)(H,34,40)(H,35,41)(H,36,42)/t21-,22+,23+,25-,26-/m0/s1. The zero-order valence-corrected chi connectivity index (χ0v) is 28.4. The number of nitrogens with one attached hydrogen (secondary N) is 5. The highest BCUT2D eigenvalue weighted by atomic mass is 16.6. The third kappa shape index (κ3) is 17.1. The van der Waals surface area contributed by atoms with E-state index in [1.165, 1.54) is 0 Å². The molecule has 0 bridgehead atoms. The minimum Gasteiger partial charge on any atom is -0.444 e. The molecule has 5 amide bonds. The van der Waals surface area contributed by atoms with Gasteiger partial charge in [0.15, 0.2) is 0 Å². The summed E-state index contributed by atoms with van der Waals surface area (Å²) in [5, 5.41) is 24.5. The van der Waals surface area contributed by atoms with Crippen LogP contribution in [0.25, 0.3) is 0 Å². The Bertz CT molecular complexity index is 915. The van der Waals surface area contributed by atoms with Crippen molar-refractivity contribution in [2.45, 2.75) is 138 Å². The van der Waals surface area contributed by atoms with E-state index in [-0.39, 0.29) is 30.1 Å². The van der Waals surface area contributed by atoms with Crippen molar-refractivity contribution >= 4 is 29.7 Å². The molecule has 0 unspecified atom stereocenters. The molecule has 0 radical (unpaired) electrons. The van der Waals surface area contributed by atoms with Crippen LogP contribution in [0.5, 0.6) is 0 Å². The van der Waals surface area contributed by atoms with Crippen molar-refractivity contribution in [3.05, 3.63) is 0 Å². The van der Waals surface area contributed by atoms with Gasteiger partial charge in [0.05, 0.1) is 18.6 Å². The van der Waals surface area contributed by atoms with Gasteiger partial charge in [-0.2, -0.15) is 0 Å². The van der Waals surface area contributed by atoms with Crippen LogP contribution in [0.1, 0.15) is 102 Å². The molecule has 6 N–H and O–H groups in total. The Balaban J connectivity index is 5.47. The van der Waals surface area contributed by atoms with Crippen molar-refractivity contribution < 1.29 is 33.8 Å². The molecule has 0 saturated carbocycles. The van der Waals surface area contributed by atoms with Crippen molar-refractivity contribution in [3.63, 3.8) is 0 Å². The third-order valence-electron chi connectivity index (χ3n) is 6.57. The Morgan fingerprint density at radius 3 is 1.67 bits per heavy atom. The maximum Gasteiger partial charge on any atom is 0.408 e. The predicted octanol–water partition coefficient (Wildman–Crippen LogP) is 2.63. The summed E-state index contributed by atoms with van der Waals surface area (Å²) in [5.41, 5.74) is -0.747. The summed E-state index contributed by atoms with van der Waals surface area (Å²) in [6, 6.07) is -3.49. The molecule has 0 aromatic heterocycles. The van der Waals surface area contributed by atoms with Gasteiger partial charge in [-0.1, -0.05) is 55.4 Å². The lowest BCUT2D eigenvalue weighted by Crippen LogP contribution is -2.59. The van der Waals surface area contributed by atoms with Crippen LogP contribution in [-0.4, -0.2) is 77.2 Å². The third-order valence-corrected chi connectivity index (χ3v) is 6.57. The number of carbonyl (C=O) groups is 5. The number of ether oxygens (including phenoxy) is 1. The summed E-state index contributed by atoms with van der Waals surface area (Å²) in [5.74, 6) is -2.02. The van der Waals surface area contributed by atoms with Crippen LogP contribution in [0.3, 0.4) is 0 Å². The van der Waals surface area contributed by atoms with Gasteiger partial charge in [0, 0.05) is 6.54 Å². The summed E-state index contributed by atoms with van der Waals surface area (Å²) >= 11 is 0. The van der Waals surface area contributed by atoms with Crippen molar-refractivity contribution in [3.8, 4) is 0 Å². The number of carbonyl (C=O) groups excluding carboxylic acids is 5. The van der Waals surface area contributed by atoms with Crippen LogP contribution < -0.4 is 26.6 Å². The number of amides is 5. The first-order chi connectivity index (χ1) is 19.6. The minimum absolute atomic E-state index is 0.0733. The molecule has 250 valence electrons. The van der Waals surface area contributed by atoms with Crippen molar-refractivity contribution in [1.29, 1.82) is 0 Å². The van der Waals surface area contributed by atoms with E-state index in [4.69, 9.17) is 4.74 Å². The van der Waals surface area contributed by atoms with Crippen LogP contribution in [0.2, 0.25) is 0 Å². The number of aliphatic hydroxyl groups is 1. The number of rotatable bonds is 17. The topological polar surface area (TPSA) is 175 Å². The van der Waals surface area contributed by atoms with Crippen LogP contribution in [0, 0.1) is 23.7 Å². The molecule has 12 nitrogen and oxygen atoms in total. The van der Waals surface area contributed by atoms with E-state index < -0.39 is 59.7 Å². The summed E-state index contributed by atoms with van der Waals surface area (Å²) in [6.45, 7) is 22.2. The number of hydrogen-bond donors (Lipinski definition) is 6. The molecule has 43 heavy (non-hydrogen) atoms. The first-order valence-corrected chi connectivity index (χ1v) is 15.5. The average molecular weight is 614 g/mol. The fourth-order valence-corrected chi connectivity index (χ4v) is 4.18. The molecule has 0 aliphatic rings.